The summed E-state index contributed by atoms with van der Waals surface area (Å²) in [5.74, 6) is 0.782. The molecule has 0 amide bonds. The molecule has 0 aromatic heterocycles. The van der Waals surface area contributed by atoms with Crippen LogP contribution >= 0.6 is 0 Å². The lowest BCUT2D eigenvalue weighted by molar-refractivity contribution is -0.0850. The number of hydrogen-bond acceptors (Lipinski definition) is 5. The van der Waals surface area contributed by atoms with Gasteiger partial charge in [0.2, 0.25) is 0 Å². The van der Waals surface area contributed by atoms with Crippen LogP contribution in [0.15, 0.2) is 24.3 Å². The molecule has 0 saturated heterocycles. The number of para-hydroxylation sites is 1. The van der Waals surface area contributed by atoms with Gasteiger partial charge in [0, 0.05) is 13.7 Å². The molecule has 1 aliphatic heterocycles. The number of benzene rings is 1. The van der Waals surface area contributed by atoms with E-state index in [2.05, 4.69) is 5.32 Å². The van der Waals surface area contributed by atoms with E-state index < -0.39 is 18.3 Å². The van der Waals surface area contributed by atoms with E-state index in [1.165, 1.54) is 7.11 Å². The van der Waals surface area contributed by atoms with E-state index in [0.717, 1.165) is 37.1 Å². The Kier molecular flexibility index (Phi) is 6.45. The fraction of sp³-hybridized carbons (Fsp3) is 0.625. The van der Waals surface area contributed by atoms with Crippen LogP contribution in [-0.4, -0.2) is 55.3 Å². The number of hydrogen-bond donors (Lipinski definition) is 3. The van der Waals surface area contributed by atoms with Crippen LogP contribution in [0.5, 0.6) is 5.75 Å². The lowest BCUT2D eigenvalue weighted by Crippen LogP contribution is -2.46. The zero-order chi connectivity index (χ0) is 15.1. The van der Waals surface area contributed by atoms with Crippen molar-refractivity contribution in [3.8, 4) is 5.75 Å². The smallest absolute Gasteiger partial charge is 0.122 e. The van der Waals surface area contributed by atoms with Gasteiger partial charge in [0.05, 0.1) is 6.10 Å². The van der Waals surface area contributed by atoms with Gasteiger partial charge in [-0.25, -0.2) is 0 Å². The van der Waals surface area contributed by atoms with E-state index in [9.17, 15) is 10.2 Å². The minimum absolute atomic E-state index is 0.0536. The Morgan fingerprint density at radius 3 is 2.86 bits per heavy atom. The zero-order valence-electron chi connectivity index (χ0n) is 12.5. The highest BCUT2D eigenvalue weighted by Gasteiger charge is 2.27. The number of rotatable bonds is 1. The number of methoxy groups -OCH3 is 1. The molecule has 0 fully saturated rings. The van der Waals surface area contributed by atoms with Crippen LogP contribution in [0.2, 0.25) is 0 Å². The molecule has 0 bridgehead atoms. The highest BCUT2D eigenvalue weighted by molar-refractivity contribution is 5.33. The molecular weight excluding hydrogens is 270 g/mol. The van der Waals surface area contributed by atoms with Gasteiger partial charge >= 0.3 is 0 Å². The average molecular weight is 295 g/mol. The Morgan fingerprint density at radius 2 is 2.05 bits per heavy atom. The minimum Gasteiger partial charge on any atom is -0.491 e. The number of aliphatic hydroxyl groups excluding tert-OH is 2. The lowest BCUT2D eigenvalue weighted by atomic mass is 10.1. The van der Waals surface area contributed by atoms with E-state index >= 15 is 0 Å². The van der Waals surface area contributed by atoms with Gasteiger partial charge in [-0.05, 0) is 37.4 Å². The first-order valence-electron chi connectivity index (χ1n) is 7.52. The van der Waals surface area contributed by atoms with Crippen molar-refractivity contribution in [3.05, 3.63) is 29.8 Å². The Morgan fingerprint density at radius 1 is 1.24 bits per heavy atom. The molecule has 0 radical (unpaired) electrons. The third-order valence-electron chi connectivity index (χ3n) is 3.86. The molecular formula is C16H25NO4. The summed E-state index contributed by atoms with van der Waals surface area (Å²) in [5, 5.41) is 23.5. The highest BCUT2D eigenvalue weighted by Crippen LogP contribution is 2.21. The van der Waals surface area contributed by atoms with E-state index in [0.29, 0.717) is 6.54 Å². The Balaban J connectivity index is 2.09. The van der Waals surface area contributed by atoms with E-state index in [1.807, 2.05) is 24.3 Å². The molecule has 1 aromatic carbocycles. The van der Waals surface area contributed by atoms with Gasteiger partial charge in [-0.2, -0.15) is 0 Å². The van der Waals surface area contributed by atoms with Gasteiger partial charge in [-0.15, -0.1) is 0 Å². The number of ether oxygens (including phenoxy) is 2. The second-order valence-electron chi connectivity index (χ2n) is 5.41. The number of aryl methyl sites for hydroxylation is 1. The van der Waals surface area contributed by atoms with Crippen molar-refractivity contribution < 1.29 is 19.7 Å². The second kappa shape index (κ2) is 8.34. The zero-order valence-corrected chi connectivity index (χ0v) is 12.5. The molecule has 1 heterocycles. The number of fused-ring (bicyclic) bond motifs is 1. The summed E-state index contributed by atoms with van der Waals surface area (Å²) in [5.41, 5.74) is 1.14. The molecule has 1 aromatic rings. The largest absolute Gasteiger partial charge is 0.491 e. The minimum atomic E-state index is -0.981. The highest BCUT2D eigenvalue weighted by atomic mass is 16.5. The molecule has 1 aliphatic rings. The standard InChI is InChI=1S/C16H25NO4/c1-20-15-10-17-9-5-4-7-12-6-2-3-8-14(12)21-11-13(18)16(15)19/h2-3,6,8,13,15-19H,4-5,7,9-11H2,1H3/t13-,15?,16-/m1/s1. The van der Waals surface area contributed by atoms with Gasteiger partial charge < -0.3 is 25.0 Å². The summed E-state index contributed by atoms with van der Waals surface area (Å²) in [7, 11) is 1.54. The maximum Gasteiger partial charge on any atom is 0.122 e. The average Bonchev–Trinajstić information content (AvgIpc) is 2.52. The maximum atomic E-state index is 10.1. The molecule has 1 unspecified atom stereocenters. The number of aliphatic hydroxyl groups is 2. The molecule has 3 N–H and O–H groups in total. The van der Waals surface area contributed by atoms with Crippen LogP contribution in [-0.2, 0) is 11.2 Å². The molecule has 118 valence electrons. The molecule has 2 rings (SSSR count). The van der Waals surface area contributed by atoms with Crippen LogP contribution in [0.25, 0.3) is 0 Å². The summed E-state index contributed by atoms with van der Waals surface area (Å²) >= 11 is 0. The topological polar surface area (TPSA) is 71.0 Å². The van der Waals surface area contributed by atoms with Crippen LogP contribution in [0.1, 0.15) is 18.4 Å². The quantitative estimate of drug-likeness (QED) is 0.712. The molecule has 3 atom stereocenters. The SMILES string of the molecule is COC1CNCCCCc2ccccc2OC[C@@H](O)[C@H]1O. The Hall–Kier alpha value is -1.14. The van der Waals surface area contributed by atoms with E-state index in [1.54, 1.807) is 0 Å². The van der Waals surface area contributed by atoms with Crippen molar-refractivity contribution in [2.75, 3.05) is 26.8 Å². The van der Waals surface area contributed by atoms with Crippen LogP contribution in [0, 0.1) is 0 Å². The van der Waals surface area contributed by atoms with E-state index in [-0.39, 0.29) is 6.61 Å². The van der Waals surface area contributed by atoms with Crippen LogP contribution < -0.4 is 10.1 Å². The lowest BCUT2D eigenvalue weighted by Gasteiger charge is -2.26. The van der Waals surface area contributed by atoms with Crippen molar-refractivity contribution in [1.82, 2.24) is 5.32 Å². The maximum absolute atomic E-state index is 10.1. The summed E-state index contributed by atoms with van der Waals surface area (Å²) in [4.78, 5) is 0. The molecule has 5 nitrogen and oxygen atoms in total. The fourth-order valence-corrected chi connectivity index (χ4v) is 2.53. The predicted molar refractivity (Wildman–Crippen MR) is 80.6 cm³/mol. The van der Waals surface area contributed by atoms with Crippen molar-refractivity contribution in [2.24, 2.45) is 0 Å². The van der Waals surface area contributed by atoms with Crippen LogP contribution in [0.3, 0.4) is 0 Å². The van der Waals surface area contributed by atoms with Gasteiger partial charge in [-0.3, -0.25) is 0 Å². The van der Waals surface area contributed by atoms with Crippen molar-refractivity contribution >= 4 is 0 Å². The first-order valence-corrected chi connectivity index (χ1v) is 7.52. The summed E-state index contributed by atoms with van der Waals surface area (Å²) in [6.45, 7) is 1.44. The van der Waals surface area contributed by atoms with Crippen molar-refractivity contribution in [3.63, 3.8) is 0 Å². The summed E-state index contributed by atoms with van der Waals surface area (Å²) in [6, 6.07) is 7.85. The monoisotopic (exact) mass is 295 g/mol. The second-order valence-corrected chi connectivity index (χ2v) is 5.41. The summed E-state index contributed by atoms with van der Waals surface area (Å²) in [6.07, 6.45) is 0.657. The predicted octanol–water partition coefficient (Wildman–Crippen LogP) is 0.728. The molecule has 5 heteroatoms. The Bertz CT molecular complexity index is 426. The van der Waals surface area contributed by atoms with Crippen molar-refractivity contribution in [1.29, 1.82) is 0 Å². The van der Waals surface area contributed by atoms with Gasteiger partial charge in [0.1, 0.15) is 24.6 Å². The van der Waals surface area contributed by atoms with E-state index in [4.69, 9.17) is 9.47 Å². The van der Waals surface area contributed by atoms with Crippen molar-refractivity contribution in [2.45, 2.75) is 37.6 Å². The molecule has 0 aliphatic carbocycles. The summed E-state index contributed by atoms with van der Waals surface area (Å²) < 4.78 is 10.9. The van der Waals surface area contributed by atoms with Gasteiger partial charge in [0.15, 0.2) is 0 Å². The molecule has 21 heavy (non-hydrogen) atoms. The third kappa shape index (κ3) is 4.68. The van der Waals surface area contributed by atoms with Gasteiger partial charge in [0.25, 0.3) is 0 Å². The first kappa shape index (κ1) is 16.2. The van der Waals surface area contributed by atoms with Gasteiger partial charge in [-0.1, -0.05) is 18.2 Å². The number of nitrogens with one attached hydrogen (secondary N) is 1. The Labute approximate surface area is 125 Å². The van der Waals surface area contributed by atoms with Crippen LogP contribution in [0.4, 0.5) is 0 Å². The normalized spacial score (nSPS) is 28.4. The molecule has 0 saturated carbocycles. The fourth-order valence-electron chi connectivity index (χ4n) is 2.53. The molecule has 0 spiro atoms. The third-order valence-corrected chi connectivity index (χ3v) is 3.86. The first-order chi connectivity index (χ1) is 10.2.